The molecule has 0 bridgehead atoms. The lowest BCUT2D eigenvalue weighted by molar-refractivity contribution is -0.120. The Morgan fingerprint density at radius 3 is 3.06 bits per heavy atom. The maximum absolute atomic E-state index is 11.9. The van der Waals surface area contributed by atoms with Gasteiger partial charge in [0.1, 0.15) is 0 Å². The van der Waals surface area contributed by atoms with Crippen LogP contribution in [0.3, 0.4) is 0 Å². The van der Waals surface area contributed by atoms with E-state index >= 15 is 0 Å². The number of nitrogens with one attached hydrogen (secondary N) is 1. The van der Waals surface area contributed by atoms with Crippen molar-refractivity contribution in [3.8, 4) is 11.5 Å². The van der Waals surface area contributed by atoms with Crippen molar-refractivity contribution in [3.63, 3.8) is 0 Å². The number of fused-ring (bicyclic) bond motifs is 1. The molecule has 1 aliphatic carbocycles. The van der Waals surface area contributed by atoms with E-state index in [0.29, 0.717) is 6.42 Å². The first-order valence-corrected chi connectivity index (χ1v) is 6.16. The lowest BCUT2D eigenvalue weighted by atomic mass is 10.1. The van der Waals surface area contributed by atoms with Crippen LogP contribution in [-0.2, 0) is 11.2 Å². The van der Waals surface area contributed by atoms with Crippen LogP contribution in [-0.4, -0.2) is 18.7 Å². The highest BCUT2D eigenvalue weighted by Crippen LogP contribution is 2.32. The molecule has 1 heterocycles. The third kappa shape index (κ3) is 2.32. The summed E-state index contributed by atoms with van der Waals surface area (Å²) in [5.41, 5.74) is 0.943. The number of carbonyl (C=O) groups is 1. The molecule has 0 saturated carbocycles. The number of hydrogen-bond acceptors (Lipinski definition) is 3. The quantitative estimate of drug-likeness (QED) is 0.826. The van der Waals surface area contributed by atoms with Crippen molar-refractivity contribution in [2.45, 2.75) is 25.3 Å². The van der Waals surface area contributed by atoms with Crippen LogP contribution in [0.25, 0.3) is 0 Å². The first kappa shape index (κ1) is 11.1. The Morgan fingerprint density at radius 1 is 1.33 bits per heavy atom. The summed E-state index contributed by atoms with van der Waals surface area (Å²) < 4.78 is 10.5. The van der Waals surface area contributed by atoms with Crippen molar-refractivity contribution in [1.82, 2.24) is 5.32 Å². The van der Waals surface area contributed by atoms with Crippen LogP contribution in [0.15, 0.2) is 30.4 Å². The highest BCUT2D eigenvalue weighted by Gasteiger charge is 2.16. The van der Waals surface area contributed by atoms with E-state index in [1.807, 2.05) is 18.2 Å². The number of allylic oxidation sites excluding steroid dienone is 1. The third-order valence-electron chi connectivity index (χ3n) is 3.16. The van der Waals surface area contributed by atoms with Crippen LogP contribution in [0.2, 0.25) is 0 Å². The Hall–Kier alpha value is -1.97. The number of hydrogen-bond donors (Lipinski definition) is 1. The van der Waals surface area contributed by atoms with E-state index in [4.69, 9.17) is 9.47 Å². The fourth-order valence-electron chi connectivity index (χ4n) is 2.25. The minimum Gasteiger partial charge on any atom is -0.454 e. The van der Waals surface area contributed by atoms with Crippen molar-refractivity contribution in [2.24, 2.45) is 0 Å². The summed E-state index contributed by atoms with van der Waals surface area (Å²) in [5, 5.41) is 3.00. The molecule has 0 aromatic heterocycles. The lowest BCUT2D eigenvalue weighted by Gasteiger charge is -2.10. The standard InChI is InChI=1S/C14H15NO3/c16-14(15-11-3-1-2-4-11)8-10-5-6-12-13(7-10)18-9-17-12/h1,3,5-7,11H,2,4,8-9H2,(H,15,16). The van der Waals surface area contributed by atoms with Crippen LogP contribution in [0.4, 0.5) is 0 Å². The van der Waals surface area contributed by atoms with E-state index in [9.17, 15) is 4.79 Å². The average Bonchev–Trinajstić information content (AvgIpc) is 2.98. The van der Waals surface area contributed by atoms with Crippen molar-refractivity contribution < 1.29 is 14.3 Å². The first-order valence-electron chi connectivity index (χ1n) is 6.16. The maximum Gasteiger partial charge on any atom is 0.231 e. The molecule has 1 aliphatic heterocycles. The number of benzene rings is 1. The molecular formula is C14H15NO3. The van der Waals surface area contributed by atoms with Crippen LogP contribution < -0.4 is 14.8 Å². The zero-order valence-electron chi connectivity index (χ0n) is 10.0. The molecule has 1 aromatic rings. The minimum absolute atomic E-state index is 0.0467. The second-order valence-corrected chi connectivity index (χ2v) is 4.54. The summed E-state index contributed by atoms with van der Waals surface area (Å²) in [6.45, 7) is 0.262. The Kier molecular flexibility index (Phi) is 2.92. The Labute approximate surface area is 106 Å². The van der Waals surface area contributed by atoms with Gasteiger partial charge < -0.3 is 14.8 Å². The number of carbonyl (C=O) groups excluding carboxylic acids is 1. The maximum atomic E-state index is 11.9. The van der Waals surface area contributed by atoms with Gasteiger partial charge >= 0.3 is 0 Å². The molecule has 4 heteroatoms. The van der Waals surface area contributed by atoms with Crippen molar-refractivity contribution in [1.29, 1.82) is 0 Å². The molecule has 1 atom stereocenters. The smallest absolute Gasteiger partial charge is 0.231 e. The van der Waals surface area contributed by atoms with Gasteiger partial charge in [0.15, 0.2) is 11.5 Å². The molecule has 0 spiro atoms. The zero-order valence-corrected chi connectivity index (χ0v) is 10.0. The van der Waals surface area contributed by atoms with Crippen LogP contribution >= 0.6 is 0 Å². The Bertz CT molecular complexity index is 496. The second-order valence-electron chi connectivity index (χ2n) is 4.54. The Balaban J connectivity index is 1.61. The molecule has 3 rings (SSSR count). The van der Waals surface area contributed by atoms with Gasteiger partial charge in [-0.1, -0.05) is 18.2 Å². The van der Waals surface area contributed by atoms with E-state index in [1.54, 1.807) is 0 Å². The van der Waals surface area contributed by atoms with E-state index in [0.717, 1.165) is 29.9 Å². The molecule has 1 unspecified atom stereocenters. The summed E-state index contributed by atoms with van der Waals surface area (Å²) in [6, 6.07) is 5.82. The molecule has 1 amide bonds. The van der Waals surface area contributed by atoms with E-state index in [1.165, 1.54) is 0 Å². The average molecular weight is 245 g/mol. The number of ether oxygens (including phenoxy) is 2. The summed E-state index contributed by atoms with van der Waals surface area (Å²) >= 11 is 0. The Morgan fingerprint density at radius 2 is 2.22 bits per heavy atom. The largest absolute Gasteiger partial charge is 0.454 e. The highest BCUT2D eigenvalue weighted by molar-refractivity contribution is 5.79. The van der Waals surface area contributed by atoms with Gasteiger partial charge in [-0.25, -0.2) is 0 Å². The normalized spacial score (nSPS) is 20.1. The topological polar surface area (TPSA) is 47.6 Å². The molecule has 2 aliphatic rings. The van der Waals surface area contributed by atoms with Gasteiger partial charge in [-0.2, -0.15) is 0 Å². The fraction of sp³-hybridized carbons (Fsp3) is 0.357. The summed E-state index contributed by atoms with van der Waals surface area (Å²) in [7, 11) is 0. The van der Waals surface area contributed by atoms with Gasteiger partial charge in [0.2, 0.25) is 12.7 Å². The van der Waals surface area contributed by atoms with E-state index in [2.05, 4.69) is 17.5 Å². The molecule has 0 saturated heterocycles. The van der Waals surface area contributed by atoms with Crippen molar-refractivity contribution >= 4 is 5.91 Å². The van der Waals surface area contributed by atoms with Crippen LogP contribution in [0, 0.1) is 0 Å². The molecule has 0 fully saturated rings. The molecule has 0 radical (unpaired) electrons. The molecule has 1 N–H and O–H groups in total. The molecule has 18 heavy (non-hydrogen) atoms. The fourth-order valence-corrected chi connectivity index (χ4v) is 2.25. The van der Waals surface area contributed by atoms with Gasteiger partial charge in [-0.3, -0.25) is 4.79 Å². The van der Waals surface area contributed by atoms with Gasteiger partial charge in [0.05, 0.1) is 6.42 Å². The lowest BCUT2D eigenvalue weighted by Crippen LogP contribution is -2.33. The summed E-state index contributed by atoms with van der Waals surface area (Å²) in [6.07, 6.45) is 6.59. The molecule has 94 valence electrons. The molecular weight excluding hydrogens is 230 g/mol. The highest BCUT2D eigenvalue weighted by atomic mass is 16.7. The zero-order chi connectivity index (χ0) is 12.4. The molecule has 1 aromatic carbocycles. The second kappa shape index (κ2) is 4.72. The van der Waals surface area contributed by atoms with Gasteiger partial charge in [0.25, 0.3) is 0 Å². The predicted octanol–water partition coefficient (Wildman–Crippen LogP) is 1.79. The van der Waals surface area contributed by atoms with Crippen LogP contribution in [0.5, 0.6) is 11.5 Å². The monoisotopic (exact) mass is 245 g/mol. The van der Waals surface area contributed by atoms with Gasteiger partial charge in [0, 0.05) is 6.04 Å². The summed E-state index contributed by atoms with van der Waals surface area (Å²) in [4.78, 5) is 11.9. The third-order valence-corrected chi connectivity index (χ3v) is 3.16. The minimum atomic E-state index is 0.0467. The number of amides is 1. The van der Waals surface area contributed by atoms with Gasteiger partial charge in [-0.15, -0.1) is 0 Å². The van der Waals surface area contributed by atoms with E-state index in [-0.39, 0.29) is 18.7 Å². The van der Waals surface area contributed by atoms with Crippen molar-refractivity contribution in [2.75, 3.05) is 6.79 Å². The number of rotatable bonds is 3. The first-order chi connectivity index (χ1) is 8.81. The van der Waals surface area contributed by atoms with Crippen molar-refractivity contribution in [3.05, 3.63) is 35.9 Å². The molecule has 4 nitrogen and oxygen atoms in total. The van der Waals surface area contributed by atoms with Crippen LogP contribution in [0.1, 0.15) is 18.4 Å². The van der Waals surface area contributed by atoms with E-state index < -0.39 is 0 Å². The predicted molar refractivity (Wildman–Crippen MR) is 66.6 cm³/mol. The van der Waals surface area contributed by atoms with Gasteiger partial charge in [-0.05, 0) is 30.5 Å². The SMILES string of the molecule is O=C(Cc1ccc2c(c1)OCO2)NC1C=CCC1. The summed E-state index contributed by atoms with van der Waals surface area (Å²) in [5.74, 6) is 1.52.